The summed E-state index contributed by atoms with van der Waals surface area (Å²) in [5.41, 5.74) is 0.970. The first-order chi connectivity index (χ1) is 10.8. The standard InChI is InChI=1S/C19H26NO3.ClH/c1-14(19(21)23-11-10-20(2,3)4)15-6-7-17-13-18(22-5)9-8-16(17)12-15;/h6-9,12-14H,10-11H2,1-5H3;1H/q+1;/p-1/t14-;/m0./s1. The number of fused-ring (bicyclic) bond motifs is 1. The summed E-state index contributed by atoms with van der Waals surface area (Å²) in [6.07, 6.45) is 0. The molecule has 2 aromatic rings. The van der Waals surface area contributed by atoms with Crippen LogP contribution in [-0.4, -0.2) is 51.9 Å². The third kappa shape index (κ3) is 5.39. The molecule has 0 saturated carbocycles. The predicted octanol–water partition coefficient (Wildman–Crippen LogP) is 0.205. The maximum atomic E-state index is 12.2. The Morgan fingerprint density at radius 2 is 1.71 bits per heavy atom. The van der Waals surface area contributed by atoms with Crippen LogP contribution >= 0.6 is 0 Å². The Kier molecular flexibility index (Phi) is 7.06. The first kappa shape index (κ1) is 20.3. The lowest BCUT2D eigenvalue weighted by molar-refractivity contribution is -0.870. The number of quaternary nitrogens is 1. The normalized spacial score (nSPS) is 12.4. The van der Waals surface area contributed by atoms with Crippen LogP contribution < -0.4 is 17.1 Å². The molecule has 0 radical (unpaired) electrons. The van der Waals surface area contributed by atoms with E-state index >= 15 is 0 Å². The number of methoxy groups -OCH3 is 1. The summed E-state index contributed by atoms with van der Waals surface area (Å²) in [5.74, 6) is 0.387. The van der Waals surface area contributed by atoms with Crippen LogP contribution in [-0.2, 0) is 9.53 Å². The van der Waals surface area contributed by atoms with Crippen molar-refractivity contribution in [2.45, 2.75) is 12.8 Å². The van der Waals surface area contributed by atoms with Gasteiger partial charge in [-0.15, -0.1) is 0 Å². The molecule has 0 bridgehead atoms. The fourth-order valence-corrected chi connectivity index (χ4v) is 2.32. The average molecular weight is 352 g/mol. The number of carbonyl (C=O) groups is 1. The maximum absolute atomic E-state index is 12.2. The van der Waals surface area contributed by atoms with Gasteiger partial charge in [0.25, 0.3) is 0 Å². The third-order valence-corrected chi connectivity index (χ3v) is 3.93. The van der Waals surface area contributed by atoms with Gasteiger partial charge < -0.3 is 26.4 Å². The van der Waals surface area contributed by atoms with Crippen LogP contribution in [0.5, 0.6) is 5.75 Å². The molecule has 0 aliphatic rings. The second-order valence-electron chi connectivity index (χ2n) is 6.88. The molecule has 0 aromatic heterocycles. The summed E-state index contributed by atoms with van der Waals surface area (Å²) < 4.78 is 11.4. The number of likely N-dealkylation sites (N-methyl/N-ethyl adjacent to an activating group) is 1. The first-order valence-electron chi connectivity index (χ1n) is 7.85. The molecular weight excluding hydrogens is 326 g/mol. The number of benzene rings is 2. The molecule has 24 heavy (non-hydrogen) atoms. The molecule has 1 atom stereocenters. The average Bonchev–Trinajstić information content (AvgIpc) is 2.51. The maximum Gasteiger partial charge on any atom is 0.313 e. The van der Waals surface area contributed by atoms with E-state index in [1.54, 1.807) is 7.11 Å². The summed E-state index contributed by atoms with van der Waals surface area (Å²) in [4.78, 5) is 12.2. The van der Waals surface area contributed by atoms with Crippen molar-refractivity contribution < 1.29 is 31.2 Å². The Hall–Kier alpha value is -1.78. The molecule has 0 aliphatic heterocycles. The van der Waals surface area contributed by atoms with Crippen molar-refractivity contribution >= 4 is 16.7 Å². The van der Waals surface area contributed by atoms with E-state index in [4.69, 9.17) is 9.47 Å². The molecule has 0 saturated heterocycles. The minimum Gasteiger partial charge on any atom is -1.00 e. The number of ether oxygens (including phenoxy) is 2. The third-order valence-electron chi connectivity index (χ3n) is 3.93. The second-order valence-corrected chi connectivity index (χ2v) is 6.88. The van der Waals surface area contributed by atoms with Crippen LogP contribution in [0.3, 0.4) is 0 Å². The summed E-state index contributed by atoms with van der Waals surface area (Å²) in [5, 5.41) is 2.19. The molecule has 0 heterocycles. The van der Waals surface area contributed by atoms with Gasteiger partial charge in [0, 0.05) is 0 Å². The largest absolute Gasteiger partial charge is 1.00 e. The topological polar surface area (TPSA) is 35.5 Å². The smallest absolute Gasteiger partial charge is 0.313 e. The Morgan fingerprint density at radius 1 is 1.08 bits per heavy atom. The SMILES string of the molecule is COc1ccc2cc([C@H](C)C(=O)OCC[N+](C)(C)C)ccc2c1.[Cl-]. The summed E-state index contributed by atoms with van der Waals surface area (Å²) >= 11 is 0. The van der Waals surface area contributed by atoms with Crippen LogP contribution in [0.15, 0.2) is 36.4 Å². The highest BCUT2D eigenvalue weighted by Gasteiger charge is 2.18. The molecule has 2 aromatic carbocycles. The van der Waals surface area contributed by atoms with Gasteiger partial charge in [0.15, 0.2) is 0 Å². The van der Waals surface area contributed by atoms with Crippen LogP contribution in [0.4, 0.5) is 0 Å². The zero-order valence-electron chi connectivity index (χ0n) is 15.0. The summed E-state index contributed by atoms with van der Waals surface area (Å²) in [7, 11) is 7.89. The van der Waals surface area contributed by atoms with Crippen LogP contribution in [0.2, 0.25) is 0 Å². The lowest BCUT2D eigenvalue weighted by atomic mass is 9.98. The lowest BCUT2D eigenvalue weighted by Gasteiger charge is -2.23. The zero-order chi connectivity index (χ0) is 17.0. The van der Waals surface area contributed by atoms with E-state index in [1.807, 2.05) is 43.3 Å². The van der Waals surface area contributed by atoms with Crippen molar-refractivity contribution in [1.82, 2.24) is 0 Å². The quantitative estimate of drug-likeness (QED) is 0.551. The number of esters is 1. The van der Waals surface area contributed by atoms with E-state index in [-0.39, 0.29) is 24.3 Å². The number of halogens is 1. The van der Waals surface area contributed by atoms with Crippen molar-refractivity contribution in [3.05, 3.63) is 42.0 Å². The molecule has 0 spiro atoms. The van der Waals surface area contributed by atoms with E-state index in [9.17, 15) is 4.79 Å². The van der Waals surface area contributed by atoms with Gasteiger partial charge in [-0.1, -0.05) is 24.3 Å². The molecule has 0 unspecified atom stereocenters. The van der Waals surface area contributed by atoms with Gasteiger partial charge in [-0.3, -0.25) is 4.79 Å². The van der Waals surface area contributed by atoms with Gasteiger partial charge in [0.2, 0.25) is 0 Å². The highest BCUT2D eigenvalue weighted by Crippen LogP contribution is 2.25. The lowest BCUT2D eigenvalue weighted by Crippen LogP contribution is -3.00. The van der Waals surface area contributed by atoms with Crippen LogP contribution in [0.25, 0.3) is 10.8 Å². The zero-order valence-corrected chi connectivity index (χ0v) is 15.8. The molecule has 0 fully saturated rings. The molecule has 132 valence electrons. The molecule has 0 aliphatic carbocycles. The summed E-state index contributed by atoms with van der Waals surface area (Å²) in [6.45, 7) is 3.13. The van der Waals surface area contributed by atoms with Gasteiger partial charge in [-0.05, 0) is 35.4 Å². The van der Waals surface area contributed by atoms with E-state index < -0.39 is 0 Å². The fraction of sp³-hybridized carbons (Fsp3) is 0.421. The monoisotopic (exact) mass is 351 g/mol. The highest BCUT2D eigenvalue weighted by molar-refractivity contribution is 5.86. The Labute approximate surface area is 150 Å². The van der Waals surface area contributed by atoms with Gasteiger partial charge in [-0.2, -0.15) is 0 Å². The molecule has 0 amide bonds. The second kappa shape index (κ2) is 8.36. The van der Waals surface area contributed by atoms with Crippen LogP contribution in [0, 0.1) is 0 Å². The number of hydrogen-bond donors (Lipinski definition) is 0. The molecule has 0 N–H and O–H groups in total. The van der Waals surface area contributed by atoms with E-state index in [1.165, 1.54) is 0 Å². The molecule has 2 rings (SSSR count). The molecule has 5 heteroatoms. The van der Waals surface area contributed by atoms with E-state index in [2.05, 4.69) is 21.1 Å². The van der Waals surface area contributed by atoms with Gasteiger partial charge >= 0.3 is 5.97 Å². The molecule has 4 nitrogen and oxygen atoms in total. The predicted molar refractivity (Wildman–Crippen MR) is 92.8 cm³/mol. The van der Waals surface area contributed by atoms with Crippen molar-refractivity contribution in [2.24, 2.45) is 0 Å². The van der Waals surface area contributed by atoms with Gasteiger partial charge in [0.05, 0.1) is 34.2 Å². The van der Waals surface area contributed by atoms with Gasteiger partial charge in [0.1, 0.15) is 18.9 Å². The highest BCUT2D eigenvalue weighted by atomic mass is 35.5. The molecular formula is C19H26ClNO3. The Morgan fingerprint density at radius 3 is 2.33 bits per heavy atom. The van der Waals surface area contributed by atoms with Crippen molar-refractivity contribution in [2.75, 3.05) is 41.4 Å². The van der Waals surface area contributed by atoms with Gasteiger partial charge in [-0.25, -0.2) is 0 Å². The Bertz CT molecular complexity index is 695. The van der Waals surface area contributed by atoms with E-state index in [0.717, 1.165) is 33.1 Å². The minimum atomic E-state index is -0.269. The summed E-state index contributed by atoms with van der Waals surface area (Å²) in [6, 6.07) is 12.0. The fourth-order valence-electron chi connectivity index (χ4n) is 2.32. The Balaban J connectivity index is 0.00000288. The number of carbonyl (C=O) groups excluding carboxylic acids is 1. The number of rotatable bonds is 6. The minimum absolute atomic E-state index is 0. The number of nitrogens with zero attached hydrogens (tertiary/aromatic N) is 1. The van der Waals surface area contributed by atoms with E-state index in [0.29, 0.717) is 6.61 Å². The number of hydrogen-bond acceptors (Lipinski definition) is 3. The van der Waals surface area contributed by atoms with Crippen molar-refractivity contribution in [3.8, 4) is 5.75 Å². The first-order valence-corrected chi connectivity index (χ1v) is 7.85. The van der Waals surface area contributed by atoms with Crippen molar-refractivity contribution in [3.63, 3.8) is 0 Å². The van der Waals surface area contributed by atoms with Crippen LogP contribution in [0.1, 0.15) is 18.4 Å². The van der Waals surface area contributed by atoms with Crippen molar-refractivity contribution in [1.29, 1.82) is 0 Å².